The minimum absolute atomic E-state index is 0.119. The van der Waals surface area contributed by atoms with Crippen LogP contribution >= 0.6 is 0 Å². The van der Waals surface area contributed by atoms with Crippen LogP contribution in [0.5, 0.6) is 5.75 Å². The summed E-state index contributed by atoms with van der Waals surface area (Å²) in [4.78, 5) is 23.4. The summed E-state index contributed by atoms with van der Waals surface area (Å²) in [5, 5.41) is 10.2. The van der Waals surface area contributed by atoms with Crippen molar-refractivity contribution in [3.63, 3.8) is 0 Å². The number of carbonyl (C=O) groups excluding carboxylic acids is 2. The van der Waals surface area contributed by atoms with Gasteiger partial charge in [0.2, 0.25) is 5.91 Å². The van der Waals surface area contributed by atoms with Gasteiger partial charge >= 0.3 is 0 Å². The van der Waals surface area contributed by atoms with Gasteiger partial charge in [0, 0.05) is 18.7 Å². The van der Waals surface area contributed by atoms with E-state index in [2.05, 4.69) is 0 Å². The minimum Gasteiger partial charge on any atom is -0.546 e. The fourth-order valence-electron chi connectivity index (χ4n) is 1.79. The molecule has 0 N–H and O–H groups in total. The molecule has 0 bridgehead atoms. The first kappa shape index (κ1) is 11.4. The van der Waals surface area contributed by atoms with Gasteiger partial charge in [-0.15, -0.1) is 0 Å². The summed E-state index contributed by atoms with van der Waals surface area (Å²) in [6.07, 6.45) is 1.46. The zero-order chi connectivity index (χ0) is 12.3. The summed E-state index contributed by atoms with van der Waals surface area (Å²) < 4.78 is 4.95. The van der Waals surface area contributed by atoms with Crippen LogP contribution in [0.4, 0.5) is 5.69 Å². The van der Waals surface area contributed by atoms with Crippen molar-refractivity contribution in [2.75, 3.05) is 18.1 Å². The highest BCUT2D eigenvalue weighted by Gasteiger charge is 2.21. The fourth-order valence-corrected chi connectivity index (χ4v) is 1.79. The number of ether oxygens (including phenoxy) is 1. The van der Waals surface area contributed by atoms with E-state index in [0.717, 1.165) is 18.7 Å². The second kappa shape index (κ2) is 4.86. The molecule has 5 heteroatoms. The molecule has 0 spiro atoms. The lowest BCUT2D eigenvalue weighted by Crippen LogP contribution is -2.29. The number of carboxylic acid groups (broad SMARTS) is 1. The van der Waals surface area contributed by atoms with E-state index in [0.29, 0.717) is 12.2 Å². The monoisotopic (exact) mass is 234 g/mol. The predicted molar refractivity (Wildman–Crippen MR) is 58.5 cm³/mol. The van der Waals surface area contributed by atoms with Gasteiger partial charge in [-0.3, -0.25) is 4.79 Å². The van der Waals surface area contributed by atoms with E-state index < -0.39 is 12.6 Å². The van der Waals surface area contributed by atoms with E-state index >= 15 is 0 Å². The lowest BCUT2D eigenvalue weighted by Gasteiger charge is -2.16. The van der Waals surface area contributed by atoms with E-state index in [4.69, 9.17) is 4.74 Å². The molecular weight excluding hydrogens is 222 g/mol. The third-order valence-corrected chi connectivity index (χ3v) is 2.58. The molecule has 0 radical (unpaired) electrons. The van der Waals surface area contributed by atoms with Gasteiger partial charge in [0.25, 0.3) is 0 Å². The smallest absolute Gasteiger partial charge is 0.227 e. The molecule has 0 atom stereocenters. The first-order chi connectivity index (χ1) is 8.16. The molecule has 1 amide bonds. The van der Waals surface area contributed by atoms with Crippen molar-refractivity contribution in [2.24, 2.45) is 0 Å². The normalized spacial score (nSPS) is 15.1. The Morgan fingerprint density at radius 3 is 2.59 bits per heavy atom. The SMILES string of the molecule is O=C([O-])COc1ccc(N2CCCC2=O)cc1. The predicted octanol–water partition coefficient (Wildman–Crippen LogP) is -0.0579. The maximum absolute atomic E-state index is 11.5. The molecule has 1 aromatic carbocycles. The Hall–Kier alpha value is -2.04. The van der Waals surface area contributed by atoms with Crippen LogP contribution in [0.15, 0.2) is 24.3 Å². The van der Waals surface area contributed by atoms with Crippen molar-refractivity contribution >= 4 is 17.6 Å². The number of rotatable bonds is 4. The summed E-state index contributed by atoms with van der Waals surface area (Å²) in [6, 6.07) is 6.77. The number of hydrogen-bond acceptors (Lipinski definition) is 4. The Kier molecular flexibility index (Phi) is 3.27. The number of carboxylic acids is 1. The zero-order valence-electron chi connectivity index (χ0n) is 9.22. The van der Waals surface area contributed by atoms with Gasteiger partial charge in [-0.25, -0.2) is 0 Å². The summed E-state index contributed by atoms with van der Waals surface area (Å²) in [5.74, 6) is -0.693. The molecule has 2 rings (SSSR count). The number of amides is 1. The number of aliphatic carboxylic acids is 1. The van der Waals surface area contributed by atoms with Crippen LogP contribution in [0.1, 0.15) is 12.8 Å². The van der Waals surface area contributed by atoms with Crippen molar-refractivity contribution in [2.45, 2.75) is 12.8 Å². The molecule has 1 aliphatic heterocycles. The largest absolute Gasteiger partial charge is 0.546 e. The van der Waals surface area contributed by atoms with Gasteiger partial charge < -0.3 is 19.5 Å². The Bertz CT molecular complexity index is 427. The van der Waals surface area contributed by atoms with Gasteiger partial charge in [0.15, 0.2) is 0 Å². The molecule has 0 saturated carbocycles. The van der Waals surface area contributed by atoms with E-state index in [-0.39, 0.29) is 5.91 Å². The molecule has 90 valence electrons. The van der Waals surface area contributed by atoms with Crippen molar-refractivity contribution in [3.05, 3.63) is 24.3 Å². The average molecular weight is 234 g/mol. The summed E-state index contributed by atoms with van der Waals surface area (Å²) in [7, 11) is 0. The van der Waals surface area contributed by atoms with Crippen molar-refractivity contribution in [1.29, 1.82) is 0 Å². The first-order valence-electron chi connectivity index (χ1n) is 5.40. The van der Waals surface area contributed by atoms with Crippen molar-refractivity contribution < 1.29 is 19.4 Å². The highest BCUT2D eigenvalue weighted by atomic mass is 16.5. The van der Waals surface area contributed by atoms with Crippen LogP contribution < -0.4 is 14.7 Å². The molecule has 1 aromatic rings. The molecule has 1 aliphatic rings. The molecule has 0 unspecified atom stereocenters. The van der Waals surface area contributed by atoms with Crippen LogP contribution in [0, 0.1) is 0 Å². The lowest BCUT2D eigenvalue weighted by molar-refractivity contribution is -0.307. The minimum atomic E-state index is -1.26. The van der Waals surface area contributed by atoms with E-state index in [1.807, 2.05) is 0 Å². The van der Waals surface area contributed by atoms with E-state index in [1.165, 1.54) is 0 Å². The molecule has 0 aromatic heterocycles. The van der Waals surface area contributed by atoms with E-state index in [1.54, 1.807) is 29.2 Å². The van der Waals surface area contributed by atoms with Gasteiger partial charge in [-0.05, 0) is 30.7 Å². The standard InChI is InChI=1S/C12H13NO4/c14-11-2-1-7-13(11)9-3-5-10(6-4-9)17-8-12(15)16/h3-6H,1-2,7-8H2,(H,15,16)/p-1. The Morgan fingerprint density at radius 2 is 2.06 bits per heavy atom. The number of nitrogens with zero attached hydrogens (tertiary/aromatic N) is 1. The van der Waals surface area contributed by atoms with Gasteiger partial charge in [0.05, 0.1) is 5.97 Å². The van der Waals surface area contributed by atoms with Crippen LogP contribution in [0.25, 0.3) is 0 Å². The Labute approximate surface area is 98.6 Å². The molecule has 1 saturated heterocycles. The molecule has 0 aliphatic carbocycles. The van der Waals surface area contributed by atoms with Gasteiger partial charge in [0.1, 0.15) is 12.4 Å². The zero-order valence-corrected chi connectivity index (χ0v) is 9.22. The van der Waals surface area contributed by atoms with Gasteiger partial charge in [-0.2, -0.15) is 0 Å². The number of carbonyl (C=O) groups is 2. The molecule has 1 heterocycles. The van der Waals surface area contributed by atoms with Crippen LogP contribution in [0.3, 0.4) is 0 Å². The molecular formula is C12H12NO4-. The van der Waals surface area contributed by atoms with Crippen molar-refractivity contribution in [1.82, 2.24) is 0 Å². The third kappa shape index (κ3) is 2.75. The van der Waals surface area contributed by atoms with Crippen LogP contribution in [-0.4, -0.2) is 25.0 Å². The quantitative estimate of drug-likeness (QED) is 0.732. The number of benzene rings is 1. The summed E-state index contributed by atoms with van der Waals surface area (Å²) >= 11 is 0. The maximum Gasteiger partial charge on any atom is 0.227 e. The third-order valence-electron chi connectivity index (χ3n) is 2.58. The molecule has 1 fully saturated rings. The van der Waals surface area contributed by atoms with Crippen molar-refractivity contribution in [3.8, 4) is 5.75 Å². The number of hydrogen-bond donors (Lipinski definition) is 0. The molecule has 17 heavy (non-hydrogen) atoms. The Morgan fingerprint density at radius 1 is 1.35 bits per heavy atom. The summed E-state index contributed by atoms with van der Waals surface area (Å²) in [6.45, 7) is 0.264. The summed E-state index contributed by atoms with van der Waals surface area (Å²) in [5.41, 5.74) is 0.813. The number of anilines is 1. The fraction of sp³-hybridized carbons (Fsp3) is 0.333. The highest BCUT2D eigenvalue weighted by molar-refractivity contribution is 5.95. The van der Waals surface area contributed by atoms with Crippen LogP contribution in [0.2, 0.25) is 0 Å². The molecule has 5 nitrogen and oxygen atoms in total. The second-order valence-corrected chi connectivity index (χ2v) is 3.80. The van der Waals surface area contributed by atoms with E-state index in [9.17, 15) is 14.7 Å². The average Bonchev–Trinajstić information content (AvgIpc) is 2.73. The first-order valence-corrected chi connectivity index (χ1v) is 5.40. The van der Waals surface area contributed by atoms with Gasteiger partial charge in [-0.1, -0.05) is 0 Å². The highest BCUT2D eigenvalue weighted by Crippen LogP contribution is 2.23. The maximum atomic E-state index is 11.5. The van der Waals surface area contributed by atoms with Crippen LogP contribution in [-0.2, 0) is 9.59 Å². The Balaban J connectivity index is 2.02. The lowest BCUT2D eigenvalue weighted by atomic mass is 10.3. The topological polar surface area (TPSA) is 69.7 Å². The second-order valence-electron chi connectivity index (χ2n) is 3.80.